The molecule has 8 heteroatoms. The topological polar surface area (TPSA) is 95.6 Å². The SMILES string of the molecule is CCC[C@H](C)Nc1ncc2c(C3CCN(C(=O)C4=CCC=N4)CC3)cn(C3CCC(O)CC3)c2n1. The Balaban J connectivity index is 1.39. The Morgan fingerprint density at radius 1 is 1.20 bits per heavy atom. The minimum atomic E-state index is -0.185. The van der Waals surface area contributed by atoms with Crippen molar-refractivity contribution >= 4 is 29.1 Å². The largest absolute Gasteiger partial charge is 0.393 e. The number of anilines is 1. The van der Waals surface area contributed by atoms with Gasteiger partial charge in [-0.15, -0.1) is 0 Å². The summed E-state index contributed by atoms with van der Waals surface area (Å²) in [5, 5.41) is 14.6. The fraction of sp³-hybridized carbons (Fsp3) is 0.630. The number of aliphatic hydroxyl groups is 1. The van der Waals surface area contributed by atoms with Crippen LogP contribution >= 0.6 is 0 Å². The summed E-state index contributed by atoms with van der Waals surface area (Å²) in [4.78, 5) is 28.6. The summed E-state index contributed by atoms with van der Waals surface area (Å²) in [6.45, 7) is 5.85. The third kappa shape index (κ3) is 5.13. The number of rotatable bonds is 7. The molecule has 0 unspecified atom stereocenters. The summed E-state index contributed by atoms with van der Waals surface area (Å²) in [7, 11) is 0. The fourth-order valence-electron chi connectivity index (χ4n) is 5.86. The van der Waals surface area contributed by atoms with Crippen molar-refractivity contribution in [2.75, 3.05) is 18.4 Å². The molecule has 3 aliphatic rings. The van der Waals surface area contributed by atoms with E-state index in [2.05, 4.69) is 39.9 Å². The molecule has 2 aromatic heterocycles. The van der Waals surface area contributed by atoms with Gasteiger partial charge < -0.3 is 19.9 Å². The molecule has 1 saturated heterocycles. The maximum Gasteiger partial charge on any atom is 0.272 e. The molecule has 0 spiro atoms. The third-order valence-corrected chi connectivity index (χ3v) is 7.85. The second-order valence-corrected chi connectivity index (χ2v) is 10.4. The first-order valence-corrected chi connectivity index (χ1v) is 13.4. The van der Waals surface area contributed by atoms with Crippen molar-refractivity contribution in [2.45, 2.75) is 95.7 Å². The van der Waals surface area contributed by atoms with Crippen LogP contribution in [0.25, 0.3) is 11.0 Å². The molecule has 1 amide bonds. The third-order valence-electron chi connectivity index (χ3n) is 7.85. The van der Waals surface area contributed by atoms with E-state index in [1.54, 1.807) is 6.21 Å². The number of aromatic nitrogens is 3. The maximum atomic E-state index is 12.8. The van der Waals surface area contributed by atoms with Crippen molar-refractivity contribution in [2.24, 2.45) is 4.99 Å². The van der Waals surface area contributed by atoms with Crippen LogP contribution in [0.4, 0.5) is 5.95 Å². The Morgan fingerprint density at radius 3 is 2.66 bits per heavy atom. The van der Waals surface area contributed by atoms with Gasteiger partial charge in [0.2, 0.25) is 5.95 Å². The Kier molecular flexibility index (Phi) is 7.18. The molecule has 1 saturated carbocycles. The second kappa shape index (κ2) is 10.5. The molecule has 188 valence electrons. The van der Waals surface area contributed by atoms with Gasteiger partial charge in [-0.25, -0.2) is 4.98 Å². The average molecular weight is 479 g/mol. The first-order chi connectivity index (χ1) is 17.0. The Labute approximate surface area is 207 Å². The molecule has 8 nitrogen and oxygen atoms in total. The summed E-state index contributed by atoms with van der Waals surface area (Å²) in [5.41, 5.74) is 2.88. The van der Waals surface area contributed by atoms with Crippen LogP contribution in [0.3, 0.4) is 0 Å². The Bertz CT molecular complexity index is 1110. The van der Waals surface area contributed by atoms with Crippen LogP contribution in [0.15, 0.2) is 29.2 Å². The number of aliphatic imine (C=N–C) groups is 1. The normalized spacial score (nSPS) is 24.1. The Hall–Kier alpha value is -2.74. The zero-order valence-electron chi connectivity index (χ0n) is 21.0. The standard InChI is InChI=1S/C27H38N6O2/c1-3-5-18(2)30-27-29-16-22-23(17-33(25(22)31-27)20-7-9-21(34)10-8-20)19-11-14-32(15-12-19)26(35)24-6-4-13-28-24/h6,13,16-21,34H,3-5,7-12,14-15H2,1-2H3,(H,29,30,31)/t18-,20?,21?/m0/s1. The molecular weight excluding hydrogens is 440 g/mol. The van der Waals surface area contributed by atoms with Crippen LogP contribution in [-0.4, -0.2) is 61.9 Å². The highest BCUT2D eigenvalue weighted by Crippen LogP contribution is 2.38. The van der Waals surface area contributed by atoms with Gasteiger partial charge in [0.1, 0.15) is 11.3 Å². The highest BCUT2D eigenvalue weighted by Gasteiger charge is 2.30. The van der Waals surface area contributed by atoms with Crippen LogP contribution in [-0.2, 0) is 4.79 Å². The van der Waals surface area contributed by atoms with Crippen molar-refractivity contribution in [1.82, 2.24) is 19.4 Å². The van der Waals surface area contributed by atoms with Crippen molar-refractivity contribution in [3.8, 4) is 0 Å². The molecule has 1 atom stereocenters. The fourth-order valence-corrected chi connectivity index (χ4v) is 5.86. The van der Waals surface area contributed by atoms with Crippen molar-refractivity contribution in [3.63, 3.8) is 0 Å². The summed E-state index contributed by atoms with van der Waals surface area (Å²) < 4.78 is 2.35. The van der Waals surface area contributed by atoms with Gasteiger partial charge in [0, 0.05) is 55.6 Å². The highest BCUT2D eigenvalue weighted by molar-refractivity contribution is 5.96. The summed E-state index contributed by atoms with van der Waals surface area (Å²) in [6, 6.07) is 0.672. The molecule has 0 aromatic carbocycles. The number of carbonyl (C=O) groups is 1. The quantitative estimate of drug-likeness (QED) is 0.608. The molecule has 2 aliphatic heterocycles. The highest BCUT2D eigenvalue weighted by atomic mass is 16.3. The lowest BCUT2D eigenvalue weighted by atomic mass is 9.89. The number of allylic oxidation sites excluding steroid dienone is 1. The van der Waals surface area contributed by atoms with Crippen LogP contribution < -0.4 is 5.32 Å². The van der Waals surface area contributed by atoms with Crippen LogP contribution in [0.2, 0.25) is 0 Å². The van der Waals surface area contributed by atoms with E-state index in [1.807, 2.05) is 17.2 Å². The molecule has 0 bridgehead atoms. The summed E-state index contributed by atoms with van der Waals surface area (Å²) >= 11 is 0. The van der Waals surface area contributed by atoms with Gasteiger partial charge in [-0.2, -0.15) is 4.98 Å². The van der Waals surface area contributed by atoms with Gasteiger partial charge in [0.05, 0.1) is 6.10 Å². The van der Waals surface area contributed by atoms with E-state index in [9.17, 15) is 9.90 Å². The minimum Gasteiger partial charge on any atom is -0.393 e. The Morgan fingerprint density at radius 2 is 1.97 bits per heavy atom. The van der Waals surface area contributed by atoms with E-state index in [-0.39, 0.29) is 12.0 Å². The lowest BCUT2D eigenvalue weighted by Crippen LogP contribution is -2.38. The predicted octanol–water partition coefficient (Wildman–Crippen LogP) is 4.57. The number of nitrogens with one attached hydrogen (secondary N) is 1. The lowest BCUT2D eigenvalue weighted by Gasteiger charge is -2.32. The number of fused-ring (bicyclic) bond motifs is 1. The summed E-state index contributed by atoms with van der Waals surface area (Å²) in [5.74, 6) is 1.12. The smallest absolute Gasteiger partial charge is 0.272 e. The molecule has 1 aliphatic carbocycles. The first kappa shape index (κ1) is 24.0. The van der Waals surface area contributed by atoms with E-state index in [0.29, 0.717) is 29.6 Å². The van der Waals surface area contributed by atoms with E-state index >= 15 is 0 Å². The van der Waals surface area contributed by atoms with Crippen LogP contribution in [0.1, 0.15) is 89.2 Å². The number of hydrogen-bond donors (Lipinski definition) is 2. The van der Waals surface area contributed by atoms with Crippen LogP contribution in [0.5, 0.6) is 0 Å². The molecule has 2 N–H and O–H groups in total. The van der Waals surface area contributed by atoms with Gasteiger partial charge >= 0.3 is 0 Å². The number of piperidine rings is 1. The lowest BCUT2D eigenvalue weighted by molar-refractivity contribution is -0.128. The van der Waals surface area contributed by atoms with E-state index in [1.165, 1.54) is 5.56 Å². The molecule has 2 aromatic rings. The minimum absolute atomic E-state index is 0.0561. The first-order valence-electron chi connectivity index (χ1n) is 13.4. The predicted molar refractivity (Wildman–Crippen MR) is 139 cm³/mol. The molecular formula is C27H38N6O2. The van der Waals surface area contributed by atoms with Gasteiger partial charge in [-0.05, 0) is 69.4 Å². The average Bonchev–Trinajstić information content (AvgIpc) is 3.53. The molecule has 4 heterocycles. The van der Waals surface area contributed by atoms with E-state index in [0.717, 1.165) is 81.9 Å². The number of hydrogen-bond acceptors (Lipinski definition) is 6. The number of amides is 1. The van der Waals surface area contributed by atoms with Gasteiger partial charge in [0.15, 0.2) is 0 Å². The number of carbonyl (C=O) groups excluding carboxylic acids is 1. The van der Waals surface area contributed by atoms with E-state index in [4.69, 9.17) is 4.98 Å². The molecule has 35 heavy (non-hydrogen) atoms. The monoisotopic (exact) mass is 478 g/mol. The zero-order chi connectivity index (χ0) is 24.4. The number of likely N-dealkylation sites (tertiary alicyclic amines) is 1. The van der Waals surface area contributed by atoms with E-state index < -0.39 is 0 Å². The van der Waals surface area contributed by atoms with Gasteiger partial charge in [-0.1, -0.05) is 13.3 Å². The summed E-state index contributed by atoms with van der Waals surface area (Å²) in [6.07, 6.45) is 16.2. The van der Waals surface area contributed by atoms with Crippen molar-refractivity contribution < 1.29 is 9.90 Å². The molecule has 2 fully saturated rings. The second-order valence-electron chi connectivity index (χ2n) is 10.4. The number of nitrogens with zero attached hydrogens (tertiary/aromatic N) is 5. The van der Waals surface area contributed by atoms with Gasteiger partial charge in [0.25, 0.3) is 5.91 Å². The van der Waals surface area contributed by atoms with Crippen molar-refractivity contribution in [1.29, 1.82) is 0 Å². The number of aliphatic hydroxyl groups excluding tert-OH is 1. The molecule has 5 rings (SSSR count). The van der Waals surface area contributed by atoms with Gasteiger partial charge in [-0.3, -0.25) is 9.79 Å². The zero-order valence-corrected chi connectivity index (χ0v) is 21.0. The van der Waals surface area contributed by atoms with Crippen LogP contribution in [0, 0.1) is 0 Å². The van der Waals surface area contributed by atoms with Crippen molar-refractivity contribution in [3.05, 3.63) is 29.7 Å². The molecule has 0 radical (unpaired) electrons. The maximum absolute atomic E-state index is 12.8.